The van der Waals surface area contributed by atoms with Crippen LogP contribution < -0.4 is 5.32 Å². The van der Waals surface area contributed by atoms with Crippen molar-refractivity contribution in [2.24, 2.45) is 0 Å². The number of fused-ring (bicyclic) bond motifs is 1. The Balaban J connectivity index is 2.33. The molecule has 0 radical (unpaired) electrons. The van der Waals surface area contributed by atoms with Crippen LogP contribution in [0.3, 0.4) is 0 Å². The first-order chi connectivity index (χ1) is 7.95. The Morgan fingerprint density at radius 2 is 2.24 bits per heavy atom. The zero-order valence-corrected chi connectivity index (χ0v) is 11.5. The van der Waals surface area contributed by atoms with E-state index < -0.39 is 9.84 Å². The molecule has 0 aliphatic carbocycles. The van der Waals surface area contributed by atoms with Gasteiger partial charge in [-0.25, -0.2) is 8.42 Å². The largest absolute Gasteiger partial charge is 0.317 e. The molecule has 3 nitrogen and oxygen atoms in total. The summed E-state index contributed by atoms with van der Waals surface area (Å²) in [5.41, 5.74) is 0.853. The maximum Gasteiger partial charge on any atom is 0.181 e. The van der Waals surface area contributed by atoms with E-state index in [1.54, 1.807) is 18.2 Å². The summed E-state index contributed by atoms with van der Waals surface area (Å²) >= 11 is 5.89. The third kappa shape index (κ3) is 2.34. The Labute approximate surface area is 107 Å². The minimum atomic E-state index is -3.17. The van der Waals surface area contributed by atoms with Crippen molar-refractivity contribution < 1.29 is 8.42 Å². The maximum absolute atomic E-state index is 12.3. The van der Waals surface area contributed by atoms with Gasteiger partial charge in [0.05, 0.1) is 10.1 Å². The van der Waals surface area contributed by atoms with E-state index in [0.717, 1.165) is 5.56 Å². The molecule has 1 aromatic carbocycles. The average molecular weight is 274 g/mol. The average Bonchev–Trinajstić information content (AvgIpc) is 2.50. The molecule has 0 spiro atoms. The fourth-order valence-corrected chi connectivity index (χ4v) is 4.50. The molecule has 94 valence electrons. The van der Waals surface area contributed by atoms with Crippen LogP contribution >= 0.6 is 11.6 Å². The van der Waals surface area contributed by atoms with Gasteiger partial charge in [-0.05, 0) is 50.6 Å². The van der Waals surface area contributed by atoms with Gasteiger partial charge in [0.2, 0.25) is 0 Å². The van der Waals surface area contributed by atoms with E-state index in [4.69, 9.17) is 11.6 Å². The summed E-state index contributed by atoms with van der Waals surface area (Å²) in [7, 11) is -1.32. The van der Waals surface area contributed by atoms with Crippen molar-refractivity contribution in [2.45, 2.75) is 36.0 Å². The van der Waals surface area contributed by atoms with Gasteiger partial charge in [-0.2, -0.15) is 0 Å². The van der Waals surface area contributed by atoms with Crippen LogP contribution in [0.2, 0.25) is 5.02 Å². The standard InChI is InChI=1S/C12H16ClNO2S/c1-8(14-2)5-11-7-9-6-10(13)3-4-12(9)17(11,15)16/h3-4,6,8,11,14H,5,7H2,1-2H3. The maximum atomic E-state index is 12.3. The number of hydrogen-bond donors (Lipinski definition) is 1. The minimum Gasteiger partial charge on any atom is -0.317 e. The van der Waals surface area contributed by atoms with E-state index in [1.165, 1.54) is 0 Å². The van der Waals surface area contributed by atoms with Gasteiger partial charge in [0, 0.05) is 11.1 Å². The molecule has 0 saturated carbocycles. The predicted octanol–water partition coefficient (Wildman–Crippen LogP) is 2.04. The number of benzene rings is 1. The van der Waals surface area contributed by atoms with Crippen molar-refractivity contribution in [3.05, 3.63) is 28.8 Å². The smallest absolute Gasteiger partial charge is 0.181 e. The second-order valence-electron chi connectivity index (χ2n) is 4.55. The molecular weight excluding hydrogens is 258 g/mol. The van der Waals surface area contributed by atoms with E-state index in [0.29, 0.717) is 22.8 Å². The molecule has 5 heteroatoms. The van der Waals surface area contributed by atoms with Gasteiger partial charge < -0.3 is 5.32 Å². The normalized spacial score (nSPS) is 23.4. The highest BCUT2D eigenvalue weighted by atomic mass is 35.5. The van der Waals surface area contributed by atoms with Crippen LogP contribution in [-0.2, 0) is 16.3 Å². The van der Waals surface area contributed by atoms with E-state index in [9.17, 15) is 8.42 Å². The van der Waals surface area contributed by atoms with Crippen LogP contribution in [0.25, 0.3) is 0 Å². The van der Waals surface area contributed by atoms with Gasteiger partial charge in [-0.3, -0.25) is 0 Å². The quantitative estimate of drug-likeness (QED) is 0.917. The third-order valence-electron chi connectivity index (χ3n) is 3.32. The van der Waals surface area contributed by atoms with E-state index in [1.807, 2.05) is 14.0 Å². The summed E-state index contributed by atoms with van der Waals surface area (Å²) in [4.78, 5) is 0.454. The molecule has 0 aromatic heterocycles. The van der Waals surface area contributed by atoms with Crippen molar-refractivity contribution in [1.82, 2.24) is 5.32 Å². The second-order valence-corrected chi connectivity index (χ2v) is 7.18. The van der Waals surface area contributed by atoms with Gasteiger partial charge in [0.25, 0.3) is 0 Å². The van der Waals surface area contributed by atoms with Gasteiger partial charge in [0.15, 0.2) is 9.84 Å². The Morgan fingerprint density at radius 3 is 2.88 bits per heavy atom. The first-order valence-corrected chi connectivity index (χ1v) is 7.57. The topological polar surface area (TPSA) is 46.2 Å². The first kappa shape index (κ1) is 12.9. The summed E-state index contributed by atoms with van der Waals surface area (Å²) in [6.07, 6.45) is 1.20. The molecule has 17 heavy (non-hydrogen) atoms. The lowest BCUT2D eigenvalue weighted by Gasteiger charge is -2.15. The summed E-state index contributed by atoms with van der Waals surface area (Å²) in [6.45, 7) is 1.99. The molecule has 2 atom stereocenters. The number of halogens is 1. The van der Waals surface area contributed by atoms with Crippen molar-refractivity contribution in [3.63, 3.8) is 0 Å². The SMILES string of the molecule is CNC(C)CC1Cc2cc(Cl)ccc2S1(=O)=O. The fourth-order valence-electron chi connectivity index (χ4n) is 2.24. The Bertz CT molecular complexity index is 527. The van der Waals surface area contributed by atoms with Crippen LogP contribution in [0.1, 0.15) is 18.9 Å². The highest BCUT2D eigenvalue weighted by molar-refractivity contribution is 7.92. The highest BCUT2D eigenvalue weighted by Gasteiger charge is 2.37. The molecule has 1 aliphatic rings. The van der Waals surface area contributed by atoms with Crippen molar-refractivity contribution in [3.8, 4) is 0 Å². The minimum absolute atomic E-state index is 0.194. The molecule has 1 N–H and O–H groups in total. The van der Waals surface area contributed by atoms with Gasteiger partial charge >= 0.3 is 0 Å². The van der Waals surface area contributed by atoms with E-state index in [-0.39, 0.29) is 11.3 Å². The van der Waals surface area contributed by atoms with Gasteiger partial charge in [0.1, 0.15) is 0 Å². The molecule has 0 fully saturated rings. The predicted molar refractivity (Wildman–Crippen MR) is 69.3 cm³/mol. The molecule has 2 rings (SSSR count). The summed E-state index contributed by atoms with van der Waals surface area (Å²) in [5, 5.41) is 3.35. The Hall–Kier alpha value is -0.580. The van der Waals surface area contributed by atoms with Crippen LogP contribution in [0.15, 0.2) is 23.1 Å². The number of hydrogen-bond acceptors (Lipinski definition) is 3. The lowest BCUT2D eigenvalue weighted by atomic mass is 10.1. The van der Waals surface area contributed by atoms with Crippen LogP contribution in [0, 0.1) is 0 Å². The monoisotopic (exact) mass is 273 g/mol. The van der Waals surface area contributed by atoms with Crippen LogP contribution in [0.4, 0.5) is 0 Å². The molecule has 1 aliphatic heterocycles. The number of sulfone groups is 1. The molecule has 1 aromatic rings. The second kappa shape index (κ2) is 4.59. The third-order valence-corrected chi connectivity index (χ3v) is 5.81. The summed E-state index contributed by atoms with van der Waals surface area (Å²) in [6, 6.07) is 5.22. The van der Waals surface area contributed by atoms with Crippen LogP contribution in [-0.4, -0.2) is 26.8 Å². The van der Waals surface area contributed by atoms with E-state index >= 15 is 0 Å². The molecular formula is C12H16ClNO2S. The number of nitrogens with one attached hydrogen (secondary N) is 1. The van der Waals surface area contributed by atoms with Crippen LogP contribution in [0.5, 0.6) is 0 Å². The van der Waals surface area contributed by atoms with Crippen molar-refractivity contribution in [1.29, 1.82) is 0 Å². The molecule has 0 bridgehead atoms. The summed E-state index contributed by atoms with van der Waals surface area (Å²) < 4.78 is 24.6. The zero-order chi connectivity index (χ0) is 12.6. The number of rotatable bonds is 3. The fraction of sp³-hybridized carbons (Fsp3) is 0.500. The van der Waals surface area contributed by atoms with Gasteiger partial charge in [-0.15, -0.1) is 0 Å². The zero-order valence-electron chi connectivity index (χ0n) is 9.90. The van der Waals surface area contributed by atoms with Crippen molar-refractivity contribution in [2.75, 3.05) is 7.05 Å². The summed E-state index contributed by atoms with van der Waals surface area (Å²) in [5.74, 6) is 0. The molecule has 1 heterocycles. The molecule has 2 unspecified atom stereocenters. The highest BCUT2D eigenvalue weighted by Crippen LogP contribution is 2.34. The molecule has 0 amide bonds. The molecule has 0 saturated heterocycles. The Kier molecular flexibility index (Phi) is 3.48. The lowest BCUT2D eigenvalue weighted by molar-refractivity contribution is 0.526. The Morgan fingerprint density at radius 1 is 1.53 bits per heavy atom. The first-order valence-electron chi connectivity index (χ1n) is 5.64. The van der Waals surface area contributed by atoms with Gasteiger partial charge in [-0.1, -0.05) is 11.6 Å². The van der Waals surface area contributed by atoms with E-state index in [2.05, 4.69) is 5.32 Å². The van der Waals surface area contributed by atoms with Crippen molar-refractivity contribution >= 4 is 21.4 Å². The lowest BCUT2D eigenvalue weighted by Crippen LogP contribution is -2.29.